The largest absolute Gasteiger partial charge is 0.0620 e. The fraction of sp³-hybridized carbons (Fsp3) is 1.00. The van der Waals surface area contributed by atoms with Crippen molar-refractivity contribution in [1.29, 1.82) is 0 Å². The van der Waals surface area contributed by atoms with E-state index in [1.54, 1.807) is 0 Å². The van der Waals surface area contributed by atoms with Crippen LogP contribution >= 0.6 is 0 Å². The van der Waals surface area contributed by atoms with Crippen molar-refractivity contribution in [3.8, 4) is 0 Å². The second-order valence-corrected chi connectivity index (χ2v) is 3.90. The van der Waals surface area contributed by atoms with E-state index in [0.717, 1.165) is 23.2 Å². The number of hydrogen-bond acceptors (Lipinski definition) is 0. The van der Waals surface area contributed by atoms with E-state index in [9.17, 15) is 0 Å². The van der Waals surface area contributed by atoms with Gasteiger partial charge in [0.2, 0.25) is 0 Å². The molecule has 2 aliphatic carbocycles. The summed E-state index contributed by atoms with van der Waals surface area (Å²) in [6.45, 7) is 7.23. The van der Waals surface area contributed by atoms with Crippen LogP contribution in [0.25, 0.3) is 0 Å². The van der Waals surface area contributed by atoms with Crippen molar-refractivity contribution in [3.05, 3.63) is 0 Å². The van der Waals surface area contributed by atoms with Crippen LogP contribution in [0.3, 0.4) is 0 Å². The summed E-state index contributed by atoms with van der Waals surface area (Å²) in [6, 6.07) is 0. The van der Waals surface area contributed by atoms with Gasteiger partial charge in [-0.25, -0.2) is 0 Å². The first-order valence-electron chi connectivity index (χ1n) is 3.67. The molecule has 0 aromatic heterocycles. The summed E-state index contributed by atoms with van der Waals surface area (Å²) in [5.74, 6) is 3.21. The highest BCUT2D eigenvalue weighted by Crippen LogP contribution is 2.74. The zero-order valence-electron chi connectivity index (χ0n) is 5.94. The van der Waals surface area contributed by atoms with Gasteiger partial charge in [-0.15, -0.1) is 0 Å². The second-order valence-electron chi connectivity index (χ2n) is 3.90. The Bertz CT molecular complexity index is 112. The van der Waals surface area contributed by atoms with Gasteiger partial charge >= 0.3 is 0 Å². The topological polar surface area (TPSA) is 0 Å². The van der Waals surface area contributed by atoms with Gasteiger partial charge < -0.3 is 0 Å². The van der Waals surface area contributed by atoms with Gasteiger partial charge in [-0.3, -0.25) is 0 Å². The summed E-state index contributed by atoms with van der Waals surface area (Å²) in [7, 11) is 0. The van der Waals surface area contributed by atoms with Crippen molar-refractivity contribution < 1.29 is 0 Å². The molecule has 0 saturated heterocycles. The van der Waals surface area contributed by atoms with E-state index in [4.69, 9.17) is 0 Å². The van der Waals surface area contributed by atoms with Crippen molar-refractivity contribution in [2.75, 3.05) is 0 Å². The third-order valence-electron chi connectivity index (χ3n) is 3.94. The SMILES string of the molecule is CC1CC2C(C)C12C. The molecule has 0 heterocycles. The molecule has 2 fully saturated rings. The summed E-state index contributed by atoms with van der Waals surface area (Å²) >= 11 is 0. The van der Waals surface area contributed by atoms with Crippen molar-refractivity contribution in [2.45, 2.75) is 27.2 Å². The normalized spacial score (nSPS) is 68.6. The molecule has 0 bridgehead atoms. The van der Waals surface area contributed by atoms with Crippen molar-refractivity contribution >= 4 is 0 Å². The fourth-order valence-corrected chi connectivity index (χ4v) is 2.61. The molecule has 0 radical (unpaired) electrons. The molecule has 0 heteroatoms. The van der Waals surface area contributed by atoms with Crippen LogP contribution in [0.1, 0.15) is 27.2 Å². The van der Waals surface area contributed by atoms with Crippen molar-refractivity contribution in [2.24, 2.45) is 23.2 Å². The Morgan fingerprint density at radius 1 is 1.38 bits per heavy atom. The summed E-state index contributed by atoms with van der Waals surface area (Å²) < 4.78 is 0. The maximum atomic E-state index is 2.44. The standard InChI is InChI=1S/C8H14/c1-5-4-7-6(2)8(5,7)3/h5-7H,4H2,1-3H3. The van der Waals surface area contributed by atoms with Crippen LogP contribution in [0.5, 0.6) is 0 Å². The minimum absolute atomic E-state index is 0.806. The Hall–Kier alpha value is 0. The lowest BCUT2D eigenvalue weighted by Gasteiger charge is -2.29. The highest BCUT2D eigenvalue weighted by molar-refractivity contribution is 5.16. The average Bonchev–Trinajstić information content (AvgIpc) is 2.15. The molecule has 2 rings (SSSR count). The highest BCUT2D eigenvalue weighted by atomic mass is 14.7. The Kier molecular flexibility index (Phi) is 0.595. The van der Waals surface area contributed by atoms with Gasteiger partial charge in [0.05, 0.1) is 0 Å². The van der Waals surface area contributed by atoms with Crippen LogP contribution < -0.4 is 0 Å². The molecule has 2 aliphatic rings. The van der Waals surface area contributed by atoms with Crippen LogP contribution in [-0.2, 0) is 0 Å². The van der Waals surface area contributed by atoms with Gasteiger partial charge in [0, 0.05) is 0 Å². The second kappa shape index (κ2) is 0.984. The molecule has 4 unspecified atom stereocenters. The van der Waals surface area contributed by atoms with Gasteiger partial charge in [0.1, 0.15) is 0 Å². The molecule has 2 saturated carbocycles. The quantitative estimate of drug-likeness (QED) is 0.449. The van der Waals surface area contributed by atoms with E-state index >= 15 is 0 Å². The predicted molar refractivity (Wildman–Crippen MR) is 34.5 cm³/mol. The van der Waals surface area contributed by atoms with Gasteiger partial charge in [-0.05, 0) is 29.6 Å². The zero-order chi connectivity index (χ0) is 5.94. The minimum Gasteiger partial charge on any atom is -0.0620 e. The number of fused-ring (bicyclic) bond motifs is 1. The predicted octanol–water partition coefficient (Wildman–Crippen LogP) is 2.30. The number of hydrogen-bond donors (Lipinski definition) is 0. The Balaban J connectivity index is 2.18. The third kappa shape index (κ3) is 0.260. The fourth-order valence-electron chi connectivity index (χ4n) is 2.61. The Morgan fingerprint density at radius 3 is 2.00 bits per heavy atom. The van der Waals surface area contributed by atoms with Crippen LogP contribution in [0.15, 0.2) is 0 Å². The summed E-state index contributed by atoms with van der Waals surface area (Å²) in [5.41, 5.74) is 0.806. The third-order valence-corrected chi connectivity index (χ3v) is 3.94. The lowest BCUT2D eigenvalue weighted by molar-refractivity contribution is 0.196. The lowest BCUT2D eigenvalue weighted by Crippen LogP contribution is -2.22. The van der Waals surface area contributed by atoms with E-state index in [2.05, 4.69) is 20.8 Å². The van der Waals surface area contributed by atoms with E-state index in [0.29, 0.717) is 0 Å². The Morgan fingerprint density at radius 2 is 2.00 bits per heavy atom. The molecule has 0 aromatic carbocycles. The summed E-state index contributed by atoms with van der Waals surface area (Å²) in [6.07, 6.45) is 1.51. The molecule has 0 N–H and O–H groups in total. The van der Waals surface area contributed by atoms with E-state index in [1.807, 2.05) is 0 Å². The summed E-state index contributed by atoms with van der Waals surface area (Å²) in [4.78, 5) is 0. The van der Waals surface area contributed by atoms with Gasteiger partial charge in [-0.2, -0.15) is 0 Å². The zero-order valence-corrected chi connectivity index (χ0v) is 5.94. The first-order valence-corrected chi connectivity index (χ1v) is 3.67. The smallest absolute Gasteiger partial charge is 0.0240 e. The molecule has 8 heavy (non-hydrogen) atoms. The number of rotatable bonds is 0. The first-order chi connectivity index (χ1) is 3.67. The maximum Gasteiger partial charge on any atom is -0.0240 e. The lowest BCUT2D eigenvalue weighted by atomic mass is 9.76. The minimum atomic E-state index is 0.806. The summed E-state index contributed by atoms with van der Waals surface area (Å²) in [5, 5.41) is 0. The molecule has 4 atom stereocenters. The van der Waals surface area contributed by atoms with Gasteiger partial charge in [0.25, 0.3) is 0 Å². The highest BCUT2D eigenvalue weighted by Gasteiger charge is 2.68. The molecule has 0 nitrogen and oxygen atoms in total. The van der Waals surface area contributed by atoms with Crippen LogP contribution in [-0.4, -0.2) is 0 Å². The Labute approximate surface area is 51.3 Å². The van der Waals surface area contributed by atoms with E-state index < -0.39 is 0 Å². The average molecular weight is 110 g/mol. The van der Waals surface area contributed by atoms with Gasteiger partial charge in [0.15, 0.2) is 0 Å². The molecule has 0 amide bonds. The molecular weight excluding hydrogens is 96.1 g/mol. The van der Waals surface area contributed by atoms with Crippen LogP contribution in [0, 0.1) is 23.2 Å². The molecular formula is C8H14. The molecule has 0 spiro atoms. The van der Waals surface area contributed by atoms with Crippen molar-refractivity contribution in [3.63, 3.8) is 0 Å². The monoisotopic (exact) mass is 110 g/mol. The van der Waals surface area contributed by atoms with Crippen LogP contribution in [0.2, 0.25) is 0 Å². The first kappa shape index (κ1) is 4.84. The van der Waals surface area contributed by atoms with E-state index in [1.165, 1.54) is 6.42 Å². The van der Waals surface area contributed by atoms with Crippen molar-refractivity contribution in [1.82, 2.24) is 0 Å². The molecule has 46 valence electrons. The molecule has 0 aliphatic heterocycles. The maximum absolute atomic E-state index is 2.44. The molecule has 0 aromatic rings. The van der Waals surface area contributed by atoms with E-state index in [-0.39, 0.29) is 0 Å². The van der Waals surface area contributed by atoms with Gasteiger partial charge in [-0.1, -0.05) is 20.8 Å². The van der Waals surface area contributed by atoms with Crippen LogP contribution in [0.4, 0.5) is 0 Å².